The van der Waals surface area contributed by atoms with Gasteiger partial charge in [-0.1, -0.05) is 13.8 Å². The molecule has 0 aromatic carbocycles. The number of carbonyl (C=O) groups is 2. The maximum absolute atomic E-state index is 9.37. The van der Waals surface area contributed by atoms with Crippen LogP contribution >= 0.6 is 0 Å². The van der Waals surface area contributed by atoms with E-state index in [2.05, 4.69) is 0 Å². The Balaban J connectivity index is -0.0000000267. The van der Waals surface area contributed by atoms with Crippen molar-refractivity contribution in [1.82, 2.24) is 0 Å². The van der Waals surface area contributed by atoms with E-state index in [9.17, 15) is 9.59 Å². The van der Waals surface area contributed by atoms with Crippen LogP contribution in [0.1, 0.15) is 28.1 Å². The predicted octanol–water partition coefficient (Wildman–Crippen LogP) is -2.75. The number of hydrogen-bond donors (Lipinski definition) is 2. The first-order valence-corrected chi connectivity index (χ1v) is 2.98. The molecule has 0 saturated carbocycles. The van der Waals surface area contributed by atoms with Crippen molar-refractivity contribution in [3.63, 3.8) is 0 Å². The van der Waals surface area contributed by atoms with Gasteiger partial charge in [-0.15, -0.1) is 0 Å². The minimum atomic E-state index is -0.745. The van der Waals surface area contributed by atoms with Crippen LogP contribution in [0, 0.1) is 0 Å². The van der Waals surface area contributed by atoms with Gasteiger partial charge in [-0.25, -0.2) is 0 Å². The average Bonchev–Trinajstić information content (AvgIpc) is 1.89. The Bertz CT molecular complexity index is 106. The Kier molecular flexibility index (Phi) is 32.3. The van der Waals surface area contributed by atoms with Crippen LogP contribution in [0.4, 0.5) is 0 Å². The summed E-state index contributed by atoms with van der Waals surface area (Å²) >= 11 is 0. The van der Waals surface area contributed by atoms with Crippen molar-refractivity contribution in [2.75, 3.05) is 0 Å². The summed E-state index contributed by atoms with van der Waals surface area (Å²) in [6.07, 6.45) is 0.444. The molecule has 0 aromatic heterocycles. The molecule has 6 heteroatoms. The summed E-state index contributed by atoms with van der Waals surface area (Å²) in [6.45, 7) is 3.20. The Morgan fingerprint density at radius 2 is 1.17 bits per heavy atom. The first-order chi connectivity index (χ1) is 4.54. The van der Waals surface area contributed by atoms with Crippen LogP contribution in [0.15, 0.2) is 0 Å². The molecule has 0 unspecified atom stereocenters. The van der Waals surface area contributed by atoms with E-state index in [1.54, 1.807) is 13.8 Å². The van der Waals surface area contributed by atoms with Gasteiger partial charge in [0.15, 0.2) is 0 Å². The fourth-order valence-corrected chi connectivity index (χ4v) is 0. The van der Waals surface area contributed by atoms with Crippen LogP contribution in [0.3, 0.4) is 0 Å². The molecule has 0 spiro atoms. The quantitative estimate of drug-likeness (QED) is 0.460. The summed E-state index contributed by atoms with van der Waals surface area (Å²) in [7, 11) is 0. The molecule has 4 N–H and O–H groups in total. The zero-order chi connectivity index (χ0) is 8.57. The molecule has 70 valence electrons. The largest absolute Gasteiger partial charge is 1.00 e. The molecule has 0 fully saturated rings. The van der Waals surface area contributed by atoms with Crippen molar-refractivity contribution < 1.29 is 56.3 Å². The van der Waals surface area contributed by atoms with E-state index in [-0.39, 0.29) is 49.3 Å². The van der Waals surface area contributed by atoms with Gasteiger partial charge < -0.3 is 17.1 Å². The van der Waals surface area contributed by atoms with Crippen molar-refractivity contribution >= 4 is 11.9 Å². The third-order valence-electron chi connectivity index (χ3n) is 0.605. The van der Waals surface area contributed by atoms with Gasteiger partial charge in [-0.05, 0) is 0 Å². The molecule has 5 nitrogen and oxygen atoms in total. The Morgan fingerprint density at radius 1 is 1.08 bits per heavy atom. The van der Waals surface area contributed by atoms with Crippen molar-refractivity contribution in [1.29, 1.82) is 0 Å². The molecule has 0 heterocycles. The van der Waals surface area contributed by atoms with E-state index in [4.69, 9.17) is 10.2 Å². The Hall–Kier alpha value is -0.100. The molecule has 0 aliphatic heterocycles. The molecule has 0 aromatic rings. The molecule has 0 saturated heterocycles. The van der Waals surface area contributed by atoms with Crippen LogP contribution in [0.2, 0.25) is 0 Å². The Morgan fingerprint density at radius 3 is 1.17 bits per heavy atom. The molecule has 0 bridgehead atoms. The van der Waals surface area contributed by atoms with Crippen LogP contribution in [-0.4, -0.2) is 27.6 Å². The first-order valence-electron chi connectivity index (χ1n) is 2.98. The van der Waals surface area contributed by atoms with E-state index < -0.39 is 11.9 Å². The second kappa shape index (κ2) is 17.1. The topological polar surface area (TPSA) is 106 Å². The standard InChI is InChI=1S/2C3H6O2.Na.H2O.H/c2*1-2-3(4)5;;;/h2*2H2,1H3,(H,4,5);;1H2;/q;;+1;;-1. The summed E-state index contributed by atoms with van der Waals surface area (Å²) in [6, 6.07) is 0. The zero-order valence-electron chi connectivity index (χ0n) is 8.63. The summed E-state index contributed by atoms with van der Waals surface area (Å²) in [4.78, 5) is 18.7. The van der Waals surface area contributed by atoms with Crippen LogP contribution in [-0.2, 0) is 9.59 Å². The van der Waals surface area contributed by atoms with E-state index in [0.717, 1.165) is 0 Å². The number of carboxylic acids is 2. The average molecular weight is 190 g/mol. The van der Waals surface area contributed by atoms with Gasteiger partial charge in [0.1, 0.15) is 0 Å². The first kappa shape index (κ1) is 22.7. The van der Waals surface area contributed by atoms with Gasteiger partial charge in [-0.3, -0.25) is 9.59 Å². The fraction of sp³-hybridized carbons (Fsp3) is 0.667. The molecule has 0 aliphatic carbocycles. The van der Waals surface area contributed by atoms with Gasteiger partial charge in [0.25, 0.3) is 0 Å². The second-order valence-corrected chi connectivity index (χ2v) is 1.49. The summed E-state index contributed by atoms with van der Waals surface area (Å²) in [5.41, 5.74) is 0. The fourth-order valence-electron chi connectivity index (χ4n) is 0. The van der Waals surface area contributed by atoms with E-state index in [0.29, 0.717) is 0 Å². The maximum atomic E-state index is 9.37. The number of hydrogen-bond acceptors (Lipinski definition) is 2. The van der Waals surface area contributed by atoms with E-state index in [1.165, 1.54) is 0 Å². The van der Waals surface area contributed by atoms with E-state index in [1.807, 2.05) is 0 Å². The maximum Gasteiger partial charge on any atom is 1.00 e. The SMILES string of the molecule is CCC(=O)O.CCC(=O)O.O.[H-].[Na+]. The number of carboxylic acid groups (broad SMARTS) is 2. The third kappa shape index (κ3) is 51.6. The van der Waals surface area contributed by atoms with Crippen LogP contribution in [0.25, 0.3) is 0 Å². The van der Waals surface area contributed by atoms with Crippen LogP contribution in [0.5, 0.6) is 0 Å². The third-order valence-corrected chi connectivity index (χ3v) is 0.605. The molecule has 0 aliphatic rings. The van der Waals surface area contributed by atoms with Gasteiger partial charge >= 0.3 is 41.5 Å². The van der Waals surface area contributed by atoms with Crippen molar-refractivity contribution in [2.24, 2.45) is 0 Å². The second-order valence-electron chi connectivity index (χ2n) is 1.49. The molecule has 0 atom stereocenters. The molecule has 12 heavy (non-hydrogen) atoms. The van der Waals surface area contributed by atoms with Crippen molar-refractivity contribution in [3.05, 3.63) is 0 Å². The van der Waals surface area contributed by atoms with Gasteiger partial charge in [0.2, 0.25) is 0 Å². The van der Waals surface area contributed by atoms with Crippen LogP contribution < -0.4 is 29.6 Å². The van der Waals surface area contributed by atoms with Gasteiger partial charge in [0.05, 0.1) is 0 Å². The molecular weight excluding hydrogens is 175 g/mol. The number of rotatable bonds is 2. The van der Waals surface area contributed by atoms with Crippen molar-refractivity contribution in [3.8, 4) is 0 Å². The predicted molar refractivity (Wildman–Crippen MR) is 40.6 cm³/mol. The number of aliphatic carboxylic acids is 2. The smallest absolute Gasteiger partial charge is 1.00 e. The minimum Gasteiger partial charge on any atom is -1.00 e. The summed E-state index contributed by atoms with van der Waals surface area (Å²) in [5, 5.41) is 15.4. The molecule has 0 amide bonds. The monoisotopic (exact) mass is 190 g/mol. The molecule has 0 rings (SSSR count). The Labute approximate surface area is 94.9 Å². The van der Waals surface area contributed by atoms with E-state index >= 15 is 0 Å². The minimum absolute atomic E-state index is 0. The van der Waals surface area contributed by atoms with Gasteiger partial charge in [-0.2, -0.15) is 0 Å². The molecule has 0 radical (unpaired) electrons. The summed E-state index contributed by atoms with van der Waals surface area (Å²) < 4.78 is 0. The van der Waals surface area contributed by atoms with Gasteiger partial charge in [0, 0.05) is 12.8 Å². The zero-order valence-corrected chi connectivity index (χ0v) is 9.63. The normalized spacial score (nSPS) is 6.17. The van der Waals surface area contributed by atoms with Crippen molar-refractivity contribution in [2.45, 2.75) is 26.7 Å². The molecular formula is C6H15NaO5. The summed E-state index contributed by atoms with van der Waals surface area (Å²) in [5.74, 6) is -1.49.